The van der Waals surface area contributed by atoms with Crippen LogP contribution in [0.25, 0.3) is 44.5 Å². The van der Waals surface area contributed by atoms with Gasteiger partial charge in [0.25, 0.3) is 0 Å². The third kappa shape index (κ3) is 4.11. The van der Waals surface area contributed by atoms with Crippen LogP contribution in [-0.2, 0) is 0 Å². The predicted molar refractivity (Wildman–Crippen MR) is 152 cm³/mol. The van der Waals surface area contributed by atoms with E-state index in [2.05, 4.69) is 15.0 Å². The Balaban J connectivity index is 1.86. The number of ether oxygens (including phenoxy) is 3. The van der Waals surface area contributed by atoms with Gasteiger partial charge in [0.1, 0.15) is 22.2 Å². The molecule has 2 aromatic carbocycles. The van der Waals surface area contributed by atoms with Gasteiger partial charge in [-0.25, -0.2) is 24.7 Å². The Hall–Kier alpha value is -5.39. The maximum Gasteiger partial charge on any atom is 0.354 e. The molecule has 0 spiro atoms. The van der Waals surface area contributed by atoms with Crippen molar-refractivity contribution in [3.8, 4) is 51.3 Å². The molecule has 210 valence electrons. The number of pyridine rings is 2. The Morgan fingerprint density at radius 1 is 0.780 bits per heavy atom. The lowest BCUT2D eigenvalue weighted by molar-refractivity contribution is 0.0690. The second-order valence-electron chi connectivity index (χ2n) is 9.29. The van der Waals surface area contributed by atoms with Crippen LogP contribution in [0.5, 0.6) is 28.7 Å². The molecule has 0 aliphatic carbocycles. The number of hydrogen-bond donors (Lipinski definition) is 4. The summed E-state index contributed by atoms with van der Waals surface area (Å²) in [6.45, 7) is 5.15. The number of hydrogen-bond acceptors (Lipinski definition) is 11. The van der Waals surface area contributed by atoms with Crippen molar-refractivity contribution in [3.05, 3.63) is 46.9 Å². The highest BCUT2D eigenvalue weighted by molar-refractivity contribution is 6.09. The van der Waals surface area contributed by atoms with Crippen molar-refractivity contribution in [2.75, 3.05) is 27.1 Å². The SMILES string of the molecule is COc1ccc(-c2c(C)c(C(=O)O)nc(-c3ccc4c(O)c(OC)c5nc(C)c(C)nc5c4n3)c2N)c(O)c1OC. The van der Waals surface area contributed by atoms with E-state index >= 15 is 0 Å². The second-order valence-corrected chi connectivity index (χ2v) is 9.29. The van der Waals surface area contributed by atoms with Gasteiger partial charge in [0.05, 0.1) is 44.1 Å². The van der Waals surface area contributed by atoms with E-state index < -0.39 is 5.97 Å². The summed E-state index contributed by atoms with van der Waals surface area (Å²) in [6.07, 6.45) is 0. The molecule has 0 aliphatic heterocycles. The number of nitrogen functional groups attached to an aromatic ring is 1. The molecule has 0 radical (unpaired) electrons. The molecule has 0 atom stereocenters. The lowest BCUT2D eigenvalue weighted by Gasteiger charge is -2.19. The van der Waals surface area contributed by atoms with E-state index in [1.807, 2.05) is 0 Å². The predicted octanol–water partition coefficient (Wildman–Crippen LogP) is 4.55. The Bertz CT molecular complexity index is 1910. The molecular weight excluding hydrogens is 530 g/mol. The molecule has 12 nitrogen and oxygen atoms in total. The molecule has 0 bridgehead atoms. The zero-order valence-corrected chi connectivity index (χ0v) is 23.2. The highest BCUT2D eigenvalue weighted by Gasteiger charge is 2.27. The number of rotatable bonds is 6. The van der Waals surface area contributed by atoms with Gasteiger partial charge in [-0.15, -0.1) is 0 Å². The van der Waals surface area contributed by atoms with Crippen molar-refractivity contribution in [2.24, 2.45) is 0 Å². The number of aromatic hydroxyl groups is 2. The first-order valence-electron chi connectivity index (χ1n) is 12.4. The van der Waals surface area contributed by atoms with E-state index in [0.717, 1.165) is 0 Å². The number of methoxy groups -OCH3 is 3. The normalized spacial score (nSPS) is 11.2. The smallest absolute Gasteiger partial charge is 0.354 e. The van der Waals surface area contributed by atoms with Crippen LogP contribution in [0.15, 0.2) is 24.3 Å². The number of nitrogens with zero attached hydrogens (tertiary/aromatic N) is 4. The van der Waals surface area contributed by atoms with Crippen LogP contribution in [0.2, 0.25) is 0 Å². The minimum Gasteiger partial charge on any atom is -0.504 e. The lowest BCUT2D eigenvalue weighted by atomic mass is 9.94. The van der Waals surface area contributed by atoms with Crippen molar-refractivity contribution in [3.63, 3.8) is 0 Å². The van der Waals surface area contributed by atoms with E-state index in [1.165, 1.54) is 21.3 Å². The molecule has 0 fully saturated rings. The van der Waals surface area contributed by atoms with Gasteiger partial charge in [-0.3, -0.25) is 0 Å². The average Bonchev–Trinajstić information content (AvgIpc) is 2.94. The summed E-state index contributed by atoms with van der Waals surface area (Å²) >= 11 is 0. The lowest BCUT2D eigenvalue weighted by Crippen LogP contribution is -2.10. The van der Waals surface area contributed by atoms with Gasteiger partial charge >= 0.3 is 5.97 Å². The Morgan fingerprint density at radius 2 is 1.44 bits per heavy atom. The average molecular weight is 558 g/mol. The largest absolute Gasteiger partial charge is 0.504 e. The first kappa shape index (κ1) is 27.2. The quantitative estimate of drug-likeness (QED) is 0.214. The van der Waals surface area contributed by atoms with Gasteiger partial charge in [0.15, 0.2) is 28.7 Å². The van der Waals surface area contributed by atoms with Gasteiger partial charge in [-0.05, 0) is 50.6 Å². The minimum absolute atomic E-state index is 0.0549. The number of benzene rings is 2. The summed E-state index contributed by atoms with van der Waals surface area (Å²) in [5.41, 5.74) is 9.68. The molecule has 12 heteroatoms. The van der Waals surface area contributed by atoms with Crippen LogP contribution >= 0.6 is 0 Å². The van der Waals surface area contributed by atoms with Crippen molar-refractivity contribution in [1.29, 1.82) is 0 Å². The summed E-state index contributed by atoms with van der Waals surface area (Å²) in [7, 11) is 4.23. The molecular formula is C29H27N5O7. The number of fused-ring (bicyclic) bond motifs is 3. The van der Waals surface area contributed by atoms with Crippen molar-refractivity contribution in [2.45, 2.75) is 20.8 Å². The van der Waals surface area contributed by atoms with E-state index in [-0.39, 0.29) is 68.2 Å². The number of carboxylic acids is 1. The fraction of sp³-hybridized carbons (Fsp3) is 0.207. The molecule has 3 heterocycles. The molecule has 3 aromatic heterocycles. The number of phenols is 2. The van der Waals surface area contributed by atoms with E-state index in [0.29, 0.717) is 33.3 Å². The summed E-state index contributed by atoms with van der Waals surface area (Å²) in [6, 6.07) is 6.28. The van der Waals surface area contributed by atoms with Gasteiger partial charge < -0.3 is 35.3 Å². The number of carbonyl (C=O) groups is 1. The van der Waals surface area contributed by atoms with Crippen molar-refractivity contribution >= 4 is 33.6 Å². The molecule has 0 amide bonds. The van der Waals surface area contributed by atoms with E-state index in [4.69, 9.17) is 24.9 Å². The van der Waals surface area contributed by atoms with Crippen LogP contribution in [-0.4, -0.2) is 62.6 Å². The zero-order chi connectivity index (χ0) is 29.7. The number of aromatic nitrogens is 4. The van der Waals surface area contributed by atoms with Crippen LogP contribution in [0.4, 0.5) is 5.69 Å². The molecule has 5 N–H and O–H groups in total. The molecule has 0 unspecified atom stereocenters. The minimum atomic E-state index is -1.30. The van der Waals surface area contributed by atoms with Crippen LogP contribution in [0.3, 0.4) is 0 Å². The Morgan fingerprint density at radius 3 is 2.05 bits per heavy atom. The van der Waals surface area contributed by atoms with E-state index in [1.54, 1.807) is 45.0 Å². The standard InChI is InChI=1S/C29H27N5O7/c1-11-18(14-8-10-17(39-4)27(40-5)25(14)35)19(30)22(34-20(11)29(37)38)16-9-7-15-21(33-16)23-24(28(41-6)26(15)36)32-13(3)12(2)31-23/h7-10,35-36H,30H2,1-6H3,(H,37,38). The number of phenolic OH excluding ortho intramolecular Hbond substituents is 2. The van der Waals surface area contributed by atoms with Crippen LogP contribution in [0, 0.1) is 20.8 Å². The van der Waals surface area contributed by atoms with Crippen LogP contribution < -0.4 is 19.9 Å². The summed E-state index contributed by atoms with van der Waals surface area (Å²) < 4.78 is 16.0. The fourth-order valence-electron chi connectivity index (χ4n) is 4.87. The van der Waals surface area contributed by atoms with Crippen molar-refractivity contribution in [1.82, 2.24) is 19.9 Å². The monoisotopic (exact) mass is 557 g/mol. The van der Waals surface area contributed by atoms with Gasteiger partial charge in [0.2, 0.25) is 5.75 Å². The number of aryl methyl sites for hydroxylation is 2. The molecule has 0 aliphatic rings. The number of nitrogens with two attached hydrogens (primary N) is 1. The van der Waals surface area contributed by atoms with Gasteiger partial charge in [-0.2, -0.15) is 0 Å². The maximum absolute atomic E-state index is 12.3. The van der Waals surface area contributed by atoms with E-state index in [9.17, 15) is 20.1 Å². The first-order valence-corrected chi connectivity index (χ1v) is 12.4. The third-order valence-electron chi connectivity index (χ3n) is 7.03. The number of anilines is 1. The molecule has 41 heavy (non-hydrogen) atoms. The summed E-state index contributed by atoms with van der Waals surface area (Å²) in [5, 5.41) is 32.4. The number of carboxylic acid groups (broad SMARTS) is 1. The highest BCUT2D eigenvalue weighted by atomic mass is 16.5. The number of aromatic carboxylic acids is 1. The highest BCUT2D eigenvalue weighted by Crippen LogP contribution is 2.48. The maximum atomic E-state index is 12.3. The molecule has 0 saturated carbocycles. The van der Waals surface area contributed by atoms with Gasteiger partial charge in [-0.1, -0.05) is 0 Å². The fourth-order valence-corrected chi connectivity index (χ4v) is 4.87. The van der Waals surface area contributed by atoms with Gasteiger partial charge in [0, 0.05) is 16.5 Å². The van der Waals surface area contributed by atoms with Crippen LogP contribution in [0.1, 0.15) is 27.4 Å². The first-order chi connectivity index (χ1) is 19.5. The zero-order valence-electron chi connectivity index (χ0n) is 23.2. The molecule has 5 rings (SSSR count). The summed E-state index contributed by atoms with van der Waals surface area (Å²) in [5.74, 6) is -1.25. The van der Waals surface area contributed by atoms with Crippen molar-refractivity contribution < 1.29 is 34.3 Å². The molecule has 0 saturated heterocycles. The topological polar surface area (TPSA) is 183 Å². The summed E-state index contributed by atoms with van der Waals surface area (Å²) in [4.78, 5) is 30.6. The third-order valence-corrected chi connectivity index (χ3v) is 7.03. The molecule has 5 aromatic rings. The second kappa shape index (κ2) is 9.97. The Kier molecular flexibility index (Phi) is 6.61. The Labute approximate surface area is 234 Å².